The molecule has 0 aromatic carbocycles. The average Bonchev–Trinajstić information content (AvgIpc) is 2.21. The van der Waals surface area contributed by atoms with Gasteiger partial charge in [-0.2, -0.15) is 4.98 Å². The van der Waals surface area contributed by atoms with E-state index in [2.05, 4.69) is 38.1 Å². The van der Waals surface area contributed by atoms with E-state index in [4.69, 9.17) is 4.74 Å². The quantitative estimate of drug-likeness (QED) is 0.826. The van der Waals surface area contributed by atoms with Gasteiger partial charge in [0.15, 0.2) is 0 Å². The second-order valence-electron chi connectivity index (χ2n) is 2.80. The van der Waals surface area contributed by atoms with E-state index in [1.165, 1.54) is 0 Å². The van der Waals surface area contributed by atoms with Crippen molar-refractivity contribution in [2.75, 3.05) is 19.0 Å². The summed E-state index contributed by atoms with van der Waals surface area (Å²) in [4.78, 5) is 8.21. The Labute approximate surface area is 92.2 Å². The van der Waals surface area contributed by atoms with Crippen LogP contribution in [-0.4, -0.2) is 23.6 Å². The monoisotopic (exact) mass is 259 g/mol. The first-order valence-electron chi connectivity index (χ1n) is 4.61. The van der Waals surface area contributed by atoms with Gasteiger partial charge in [0.1, 0.15) is 0 Å². The molecule has 1 aromatic heterocycles. The molecule has 0 aliphatic rings. The Balaban J connectivity index is 2.64. The van der Waals surface area contributed by atoms with E-state index < -0.39 is 0 Å². The van der Waals surface area contributed by atoms with Gasteiger partial charge in [0.2, 0.25) is 11.8 Å². The first-order chi connectivity index (χ1) is 6.77. The number of anilines is 1. The summed E-state index contributed by atoms with van der Waals surface area (Å²) in [6, 6.07) is 0. The van der Waals surface area contributed by atoms with Crippen molar-refractivity contribution in [3.8, 4) is 5.88 Å². The fraction of sp³-hybridized carbons (Fsp3) is 0.556. The second-order valence-corrected chi connectivity index (χ2v) is 3.65. The third kappa shape index (κ3) is 3.14. The van der Waals surface area contributed by atoms with Crippen LogP contribution in [0, 0.1) is 0 Å². The van der Waals surface area contributed by atoms with Crippen LogP contribution >= 0.6 is 15.9 Å². The number of nitrogens with zero attached hydrogens (tertiary/aromatic N) is 2. The van der Waals surface area contributed by atoms with Crippen molar-refractivity contribution in [2.45, 2.75) is 19.8 Å². The number of hydrogen-bond donors (Lipinski definition) is 1. The summed E-state index contributed by atoms with van der Waals surface area (Å²) < 4.78 is 6.27. The molecule has 0 unspecified atom stereocenters. The minimum atomic E-state index is 0.569. The minimum absolute atomic E-state index is 0.569. The lowest BCUT2D eigenvalue weighted by molar-refractivity contribution is 0.295. The van der Waals surface area contributed by atoms with Crippen LogP contribution in [0.4, 0.5) is 5.95 Å². The summed E-state index contributed by atoms with van der Waals surface area (Å²) in [6.07, 6.45) is 3.83. The van der Waals surface area contributed by atoms with Crippen LogP contribution in [0.1, 0.15) is 19.8 Å². The maximum atomic E-state index is 5.48. The van der Waals surface area contributed by atoms with Crippen LogP contribution in [-0.2, 0) is 0 Å². The molecule has 0 aliphatic carbocycles. The highest BCUT2D eigenvalue weighted by Gasteiger charge is 2.04. The molecule has 1 aromatic rings. The largest absolute Gasteiger partial charge is 0.477 e. The van der Waals surface area contributed by atoms with Crippen molar-refractivity contribution in [2.24, 2.45) is 0 Å². The average molecular weight is 260 g/mol. The molecule has 0 fully saturated rings. The Morgan fingerprint density at radius 1 is 1.57 bits per heavy atom. The molecule has 14 heavy (non-hydrogen) atoms. The molecular formula is C9H14BrN3O. The van der Waals surface area contributed by atoms with Crippen molar-refractivity contribution < 1.29 is 4.74 Å². The molecule has 0 saturated carbocycles. The van der Waals surface area contributed by atoms with E-state index >= 15 is 0 Å². The molecular weight excluding hydrogens is 246 g/mol. The molecule has 5 heteroatoms. The van der Waals surface area contributed by atoms with Gasteiger partial charge in [-0.05, 0) is 22.4 Å². The van der Waals surface area contributed by atoms with E-state index in [1.807, 2.05) is 0 Å². The summed E-state index contributed by atoms with van der Waals surface area (Å²) in [5.74, 6) is 1.16. The normalized spacial score (nSPS) is 9.93. The van der Waals surface area contributed by atoms with Crippen LogP contribution in [0.15, 0.2) is 10.7 Å². The SMILES string of the molecule is CCCCOc1nc(NC)ncc1Br. The van der Waals surface area contributed by atoms with E-state index in [1.54, 1.807) is 13.2 Å². The number of nitrogens with one attached hydrogen (secondary N) is 1. The van der Waals surface area contributed by atoms with Gasteiger partial charge >= 0.3 is 0 Å². The highest BCUT2D eigenvalue weighted by atomic mass is 79.9. The lowest BCUT2D eigenvalue weighted by Crippen LogP contribution is -2.02. The van der Waals surface area contributed by atoms with E-state index in [0.717, 1.165) is 17.3 Å². The Hall–Kier alpha value is -0.840. The molecule has 0 amide bonds. The standard InChI is InChI=1S/C9H14BrN3O/c1-3-4-5-14-8-7(10)6-12-9(11-2)13-8/h6H,3-5H2,1-2H3,(H,11,12,13). The van der Waals surface area contributed by atoms with Gasteiger partial charge in [-0.1, -0.05) is 13.3 Å². The third-order valence-corrected chi connectivity index (χ3v) is 2.22. The van der Waals surface area contributed by atoms with Crippen molar-refractivity contribution in [1.82, 2.24) is 9.97 Å². The van der Waals surface area contributed by atoms with E-state index in [9.17, 15) is 0 Å². The Morgan fingerprint density at radius 2 is 2.36 bits per heavy atom. The van der Waals surface area contributed by atoms with Gasteiger partial charge in [0.25, 0.3) is 0 Å². The molecule has 4 nitrogen and oxygen atoms in total. The highest BCUT2D eigenvalue weighted by Crippen LogP contribution is 2.22. The van der Waals surface area contributed by atoms with Crippen LogP contribution < -0.4 is 10.1 Å². The Morgan fingerprint density at radius 3 is 3.00 bits per heavy atom. The summed E-state index contributed by atoms with van der Waals surface area (Å²) in [5.41, 5.74) is 0. The number of hydrogen-bond acceptors (Lipinski definition) is 4. The van der Waals surface area contributed by atoms with Crippen LogP contribution in [0.5, 0.6) is 5.88 Å². The molecule has 0 bridgehead atoms. The van der Waals surface area contributed by atoms with Crippen molar-refractivity contribution in [1.29, 1.82) is 0 Å². The fourth-order valence-electron chi connectivity index (χ4n) is 0.886. The number of rotatable bonds is 5. The molecule has 0 atom stereocenters. The minimum Gasteiger partial charge on any atom is -0.477 e. The zero-order valence-corrected chi connectivity index (χ0v) is 9.97. The number of halogens is 1. The lowest BCUT2D eigenvalue weighted by Gasteiger charge is -2.07. The zero-order chi connectivity index (χ0) is 10.4. The van der Waals surface area contributed by atoms with Crippen LogP contribution in [0.25, 0.3) is 0 Å². The van der Waals surface area contributed by atoms with Crippen molar-refractivity contribution in [3.05, 3.63) is 10.7 Å². The number of aromatic nitrogens is 2. The summed E-state index contributed by atoms with van der Waals surface area (Å²) in [5, 5.41) is 2.86. The lowest BCUT2D eigenvalue weighted by atomic mass is 10.4. The van der Waals surface area contributed by atoms with Gasteiger partial charge in [0, 0.05) is 7.05 Å². The third-order valence-electron chi connectivity index (χ3n) is 1.67. The first-order valence-corrected chi connectivity index (χ1v) is 5.40. The maximum absolute atomic E-state index is 5.48. The molecule has 78 valence electrons. The summed E-state index contributed by atoms with van der Waals surface area (Å²) in [7, 11) is 1.78. The van der Waals surface area contributed by atoms with Gasteiger partial charge in [-0.25, -0.2) is 4.98 Å². The van der Waals surface area contributed by atoms with Gasteiger partial charge in [-0.3, -0.25) is 0 Å². The predicted molar refractivity (Wildman–Crippen MR) is 59.7 cm³/mol. The highest BCUT2D eigenvalue weighted by molar-refractivity contribution is 9.10. The maximum Gasteiger partial charge on any atom is 0.232 e. The zero-order valence-electron chi connectivity index (χ0n) is 8.38. The van der Waals surface area contributed by atoms with Crippen LogP contribution in [0.3, 0.4) is 0 Å². The Kier molecular flexibility index (Phi) is 4.65. The number of unbranched alkanes of at least 4 members (excludes halogenated alkanes) is 1. The first kappa shape index (κ1) is 11.2. The van der Waals surface area contributed by atoms with E-state index in [0.29, 0.717) is 18.4 Å². The molecule has 0 radical (unpaired) electrons. The molecule has 1 heterocycles. The molecule has 0 saturated heterocycles. The molecule has 0 aliphatic heterocycles. The molecule has 1 rings (SSSR count). The Bertz CT molecular complexity index is 293. The summed E-state index contributed by atoms with van der Waals surface area (Å²) in [6.45, 7) is 2.81. The van der Waals surface area contributed by atoms with Gasteiger partial charge in [0.05, 0.1) is 17.3 Å². The topological polar surface area (TPSA) is 47.0 Å². The molecule has 0 spiro atoms. The molecule has 1 N–H and O–H groups in total. The van der Waals surface area contributed by atoms with Gasteiger partial charge < -0.3 is 10.1 Å². The van der Waals surface area contributed by atoms with Crippen molar-refractivity contribution >= 4 is 21.9 Å². The van der Waals surface area contributed by atoms with Crippen molar-refractivity contribution in [3.63, 3.8) is 0 Å². The fourth-order valence-corrected chi connectivity index (χ4v) is 1.19. The van der Waals surface area contributed by atoms with Gasteiger partial charge in [-0.15, -0.1) is 0 Å². The predicted octanol–water partition coefficient (Wildman–Crippen LogP) is 2.46. The smallest absolute Gasteiger partial charge is 0.232 e. The summed E-state index contributed by atoms with van der Waals surface area (Å²) >= 11 is 3.33. The van der Waals surface area contributed by atoms with E-state index in [-0.39, 0.29) is 0 Å². The number of ether oxygens (including phenoxy) is 1. The van der Waals surface area contributed by atoms with Crippen LogP contribution in [0.2, 0.25) is 0 Å². The second kappa shape index (κ2) is 5.80.